The molecule has 0 aliphatic carbocycles. The molecule has 3 nitrogen and oxygen atoms in total. The van der Waals surface area contributed by atoms with Gasteiger partial charge in [0.1, 0.15) is 5.82 Å². The molecule has 1 atom stereocenters. The number of nitrogens with zero attached hydrogens (tertiary/aromatic N) is 2. The molecule has 0 amide bonds. The molecular weight excluding hydrogens is 296 g/mol. The second kappa shape index (κ2) is 6.67. The first kappa shape index (κ1) is 15.3. The Kier molecular flexibility index (Phi) is 4.65. The maximum absolute atomic E-state index is 10.1. The van der Waals surface area contributed by atoms with Crippen LogP contribution in [0, 0.1) is 5.41 Å². The van der Waals surface area contributed by atoms with Crippen LogP contribution in [-0.2, 0) is 6.42 Å². The Bertz CT molecular complexity index is 619. The van der Waals surface area contributed by atoms with Crippen LogP contribution in [0.25, 0.3) is 0 Å². The summed E-state index contributed by atoms with van der Waals surface area (Å²) in [6.45, 7) is 1.91. The molecule has 1 saturated heterocycles. The van der Waals surface area contributed by atoms with Gasteiger partial charge in [0.15, 0.2) is 0 Å². The molecule has 1 aromatic carbocycles. The van der Waals surface area contributed by atoms with Gasteiger partial charge in [0.2, 0.25) is 0 Å². The summed E-state index contributed by atoms with van der Waals surface area (Å²) < 4.78 is 0. The van der Waals surface area contributed by atoms with Crippen LogP contribution in [0.4, 0.5) is 5.82 Å². The average molecular weight is 317 g/mol. The average Bonchev–Trinajstić information content (AvgIpc) is 2.56. The Morgan fingerprint density at radius 2 is 2.00 bits per heavy atom. The number of piperidine rings is 1. The Morgan fingerprint density at radius 3 is 2.73 bits per heavy atom. The molecule has 2 aromatic rings. The molecule has 4 heteroatoms. The standard InChI is InChI=1S/C18H21ClN2O/c19-16-8-4-10-20-17(16)21-11-5-9-18(13-21,14-22)12-15-6-2-1-3-7-15/h1-4,6-8,10,22H,5,9,11-14H2/t18-/m0/s1. The molecule has 1 aliphatic rings. The fourth-order valence-electron chi connectivity index (χ4n) is 3.36. The van der Waals surface area contributed by atoms with Gasteiger partial charge in [0, 0.05) is 24.7 Å². The van der Waals surface area contributed by atoms with Crippen LogP contribution in [0.1, 0.15) is 18.4 Å². The SMILES string of the molecule is OC[C@]1(Cc2ccccc2)CCCN(c2ncccc2Cl)C1. The fraction of sp³-hybridized carbons (Fsp3) is 0.389. The number of hydrogen-bond acceptors (Lipinski definition) is 3. The summed E-state index contributed by atoms with van der Waals surface area (Å²) in [7, 11) is 0. The first-order chi connectivity index (χ1) is 10.7. The summed E-state index contributed by atoms with van der Waals surface area (Å²) in [5.41, 5.74) is 1.14. The molecule has 0 spiro atoms. The smallest absolute Gasteiger partial charge is 0.147 e. The lowest BCUT2D eigenvalue weighted by Crippen LogP contribution is -2.47. The number of halogens is 1. The van der Waals surface area contributed by atoms with E-state index in [0.717, 1.165) is 38.2 Å². The molecule has 1 fully saturated rings. The Morgan fingerprint density at radius 1 is 1.18 bits per heavy atom. The highest BCUT2D eigenvalue weighted by Crippen LogP contribution is 2.36. The van der Waals surface area contributed by atoms with Gasteiger partial charge in [-0.1, -0.05) is 41.9 Å². The number of hydrogen-bond donors (Lipinski definition) is 1. The van der Waals surface area contributed by atoms with Gasteiger partial charge in [0.05, 0.1) is 11.6 Å². The van der Waals surface area contributed by atoms with E-state index < -0.39 is 0 Å². The number of pyridine rings is 1. The molecule has 3 rings (SSSR count). The first-order valence-corrected chi connectivity index (χ1v) is 8.10. The number of aliphatic hydroxyl groups is 1. The maximum Gasteiger partial charge on any atom is 0.147 e. The Labute approximate surface area is 136 Å². The van der Waals surface area contributed by atoms with E-state index in [9.17, 15) is 5.11 Å². The van der Waals surface area contributed by atoms with E-state index in [1.54, 1.807) is 6.20 Å². The lowest BCUT2D eigenvalue weighted by molar-refractivity contribution is 0.105. The molecule has 0 saturated carbocycles. The third-order valence-electron chi connectivity index (χ3n) is 4.46. The zero-order valence-corrected chi connectivity index (χ0v) is 13.3. The summed E-state index contributed by atoms with van der Waals surface area (Å²) in [5, 5.41) is 10.7. The molecule has 0 bridgehead atoms. The van der Waals surface area contributed by atoms with E-state index in [-0.39, 0.29) is 12.0 Å². The molecule has 116 valence electrons. The Hall–Kier alpha value is -1.58. The van der Waals surface area contributed by atoms with Gasteiger partial charge < -0.3 is 10.0 Å². The molecule has 22 heavy (non-hydrogen) atoms. The lowest BCUT2D eigenvalue weighted by atomic mass is 9.75. The van der Waals surface area contributed by atoms with Crippen molar-refractivity contribution in [3.8, 4) is 0 Å². The van der Waals surface area contributed by atoms with Crippen LogP contribution in [-0.4, -0.2) is 29.8 Å². The van der Waals surface area contributed by atoms with Crippen molar-refractivity contribution in [1.82, 2.24) is 4.98 Å². The fourth-order valence-corrected chi connectivity index (χ4v) is 3.60. The topological polar surface area (TPSA) is 36.4 Å². The van der Waals surface area contributed by atoms with Gasteiger partial charge in [-0.3, -0.25) is 0 Å². The summed E-state index contributed by atoms with van der Waals surface area (Å²) >= 11 is 6.29. The van der Waals surface area contributed by atoms with Crippen LogP contribution in [0.15, 0.2) is 48.7 Å². The molecule has 0 radical (unpaired) electrons. The highest BCUT2D eigenvalue weighted by Gasteiger charge is 2.36. The van der Waals surface area contributed by atoms with Gasteiger partial charge in [-0.05, 0) is 37.0 Å². The van der Waals surface area contributed by atoms with Crippen LogP contribution < -0.4 is 4.90 Å². The summed E-state index contributed by atoms with van der Waals surface area (Å²) in [4.78, 5) is 6.63. The molecule has 1 aliphatic heterocycles. The van der Waals surface area contributed by atoms with Gasteiger partial charge in [0.25, 0.3) is 0 Å². The molecule has 0 unspecified atom stereocenters. The van der Waals surface area contributed by atoms with E-state index in [2.05, 4.69) is 34.1 Å². The number of aromatic nitrogens is 1. The molecular formula is C18H21ClN2O. The first-order valence-electron chi connectivity index (χ1n) is 7.73. The van der Waals surface area contributed by atoms with Crippen molar-refractivity contribution < 1.29 is 5.11 Å². The predicted molar refractivity (Wildman–Crippen MR) is 90.4 cm³/mol. The number of benzene rings is 1. The summed E-state index contributed by atoms with van der Waals surface area (Å²) in [6.07, 6.45) is 4.72. The van der Waals surface area contributed by atoms with Crippen LogP contribution in [0.2, 0.25) is 5.02 Å². The normalized spacial score (nSPS) is 21.8. The third-order valence-corrected chi connectivity index (χ3v) is 4.75. The van der Waals surface area contributed by atoms with E-state index in [4.69, 9.17) is 11.6 Å². The minimum absolute atomic E-state index is 0.125. The number of rotatable bonds is 4. The molecule has 1 N–H and O–H groups in total. The van der Waals surface area contributed by atoms with Gasteiger partial charge in [-0.25, -0.2) is 4.98 Å². The quantitative estimate of drug-likeness (QED) is 0.937. The zero-order chi connectivity index (χ0) is 15.4. The highest BCUT2D eigenvalue weighted by molar-refractivity contribution is 6.32. The Balaban J connectivity index is 1.82. The van der Waals surface area contributed by atoms with Crippen molar-refractivity contribution in [2.75, 3.05) is 24.6 Å². The van der Waals surface area contributed by atoms with Crippen molar-refractivity contribution >= 4 is 17.4 Å². The van der Waals surface area contributed by atoms with Crippen LogP contribution in [0.5, 0.6) is 0 Å². The second-order valence-corrected chi connectivity index (χ2v) is 6.56. The van der Waals surface area contributed by atoms with Crippen molar-refractivity contribution in [2.45, 2.75) is 19.3 Å². The van der Waals surface area contributed by atoms with E-state index in [0.29, 0.717) is 5.02 Å². The highest BCUT2D eigenvalue weighted by atomic mass is 35.5. The van der Waals surface area contributed by atoms with Gasteiger partial charge in [-0.2, -0.15) is 0 Å². The molecule has 1 aromatic heterocycles. The van der Waals surface area contributed by atoms with Gasteiger partial charge in [-0.15, -0.1) is 0 Å². The molecule has 2 heterocycles. The lowest BCUT2D eigenvalue weighted by Gasteiger charge is -2.42. The van der Waals surface area contributed by atoms with E-state index in [1.165, 1.54) is 5.56 Å². The third kappa shape index (κ3) is 3.26. The summed E-state index contributed by atoms with van der Waals surface area (Å²) in [6, 6.07) is 14.1. The maximum atomic E-state index is 10.1. The predicted octanol–water partition coefficient (Wildman–Crippen LogP) is 3.56. The van der Waals surface area contributed by atoms with Gasteiger partial charge >= 0.3 is 0 Å². The minimum Gasteiger partial charge on any atom is -0.396 e. The van der Waals surface area contributed by atoms with Crippen molar-refractivity contribution in [2.24, 2.45) is 5.41 Å². The number of anilines is 1. The van der Waals surface area contributed by atoms with E-state index in [1.807, 2.05) is 18.2 Å². The zero-order valence-electron chi connectivity index (χ0n) is 12.6. The van der Waals surface area contributed by atoms with Crippen LogP contribution >= 0.6 is 11.6 Å². The minimum atomic E-state index is -0.125. The largest absolute Gasteiger partial charge is 0.396 e. The monoisotopic (exact) mass is 316 g/mol. The van der Waals surface area contributed by atoms with Crippen molar-refractivity contribution in [3.05, 3.63) is 59.2 Å². The van der Waals surface area contributed by atoms with Crippen LogP contribution in [0.3, 0.4) is 0 Å². The second-order valence-electron chi connectivity index (χ2n) is 6.15. The number of aliphatic hydroxyl groups excluding tert-OH is 1. The van der Waals surface area contributed by atoms with Crippen molar-refractivity contribution in [1.29, 1.82) is 0 Å². The van der Waals surface area contributed by atoms with E-state index >= 15 is 0 Å². The van der Waals surface area contributed by atoms with Crippen molar-refractivity contribution in [3.63, 3.8) is 0 Å². The summed E-state index contributed by atoms with van der Waals surface area (Å²) in [5.74, 6) is 0.828.